The van der Waals surface area contributed by atoms with E-state index >= 15 is 0 Å². The van der Waals surface area contributed by atoms with Gasteiger partial charge >= 0.3 is 6.61 Å². The lowest BCUT2D eigenvalue weighted by Crippen LogP contribution is -2.15. The van der Waals surface area contributed by atoms with E-state index in [1.807, 2.05) is 24.3 Å². The highest BCUT2D eigenvalue weighted by Crippen LogP contribution is 2.41. The molecule has 2 heterocycles. The van der Waals surface area contributed by atoms with Crippen LogP contribution in [-0.4, -0.2) is 28.5 Å². The summed E-state index contributed by atoms with van der Waals surface area (Å²) in [6.45, 7) is -2.99. The van der Waals surface area contributed by atoms with E-state index in [4.69, 9.17) is 16.0 Å². The molecule has 2 aromatic carbocycles. The largest absolute Gasteiger partial charge is 0.433 e. The van der Waals surface area contributed by atoms with Crippen molar-refractivity contribution in [2.45, 2.75) is 11.8 Å². The first-order valence-corrected chi connectivity index (χ1v) is 10.7. The van der Waals surface area contributed by atoms with E-state index in [0.717, 1.165) is 21.8 Å². The van der Waals surface area contributed by atoms with E-state index in [2.05, 4.69) is 20.3 Å². The van der Waals surface area contributed by atoms with Crippen LogP contribution in [0.3, 0.4) is 0 Å². The molecular weight excluding hydrogens is 456 g/mol. The number of thiophene rings is 1. The van der Waals surface area contributed by atoms with Gasteiger partial charge in [-0.1, -0.05) is 53.7 Å². The maximum Gasteiger partial charge on any atom is 0.387 e. The number of nitrogens with zero attached hydrogens (tertiary/aromatic N) is 2. The summed E-state index contributed by atoms with van der Waals surface area (Å²) in [4.78, 5) is 12.8. The van der Waals surface area contributed by atoms with Gasteiger partial charge in [0.25, 0.3) is 11.1 Å². The van der Waals surface area contributed by atoms with Crippen LogP contribution < -0.4 is 10.1 Å². The standard InChI is InChI=1S/C19H12ClF2N3O3S2/c20-15-10-5-1-4-8-13(10)30-16(15)17-24-25-19(28-17)29-9-14(26)23-11-6-2-3-7-12(11)27-18(21)22/h1-8,18H,9H2,(H,23,26). The van der Waals surface area contributed by atoms with Gasteiger partial charge in [0.15, 0.2) is 0 Å². The first kappa shape index (κ1) is 20.6. The quantitative estimate of drug-likeness (QED) is 0.339. The molecule has 4 aromatic rings. The molecule has 0 aliphatic rings. The summed E-state index contributed by atoms with van der Waals surface area (Å²) in [5.74, 6) is -0.361. The minimum atomic E-state index is -2.99. The minimum Gasteiger partial charge on any atom is -0.433 e. The maximum absolute atomic E-state index is 12.5. The second-order valence-electron chi connectivity index (χ2n) is 5.83. The molecule has 154 valence electrons. The van der Waals surface area contributed by atoms with Crippen molar-refractivity contribution in [1.29, 1.82) is 0 Å². The molecule has 0 spiro atoms. The molecule has 1 N–H and O–H groups in total. The monoisotopic (exact) mass is 467 g/mol. The number of thioether (sulfide) groups is 1. The third-order valence-corrected chi connectivity index (χ3v) is 6.32. The zero-order chi connectivity index (χ0) is 21.1. The van der Waals surface area contributed by atoms with Gasteiger partial charge in [0.1, 0.15) is 10.6 Å². The number of alkyl halides is 2. The number of hydrogen-bond acceptors (Lipinski definition) is 7. The Morgan fingerprint density at radius 2 is 1.97 bits per heavy atom. The third-order valence-electron chi connectivity index (χ3n) is 3.84. The zero-order valence-electron chi connectivity index (χ0n) is 15.0. The van der Waals surface area contributed by atoms with Crippen molar-refractivity contribution in [1.82, 2.24) is 10.2 Å². The first-order chi connectivity index (χ1) is 14.5. The molecule has 2 aromatic heterocycles. The number of benzene rings is 2. The lowest BCUT2D eigenvalue weighted by atomic mass is 10.2. The summed E-state index contributed by atoms with van der Waals surface area (Å²) in [5, 5.41) is 12.1. The molecule has 0 radical (unpaired) electrons. The number of hydrogen-bond donors (Lipinski definition) is 1. The van der Waals surface area contributed by atoms with Gasteiger partial charge in [-0.3, -0.25) is 4.79 Å². The van der Waals surface area contributed by atoms with Gasteiger partial charge in [-0.15, -0.1) is 21.5 Å². The molecule has 0 fully saturated rings. The number of rotatable bonds is 7. The summed E-state index contributed by atoms with van der Waals surface area (Å²) >= 11 is 8.86. The van der Waals surface area contributed by atoms with Crippen LogP contribution in [0.2, 0.25) is 5.02 Å². The van der Waals surface area contributed by atoms with E-state index in [0.29, 0.717) is 9.90 Å². The molecule has 0 saturated carbocycles. The van der Waals surface area contributed by atoms with Crippen LogP contribution in [0.15, 0.2) is 58.2 Å². The number of carbonyl (C=O) groups excluding carboxylic acids is 1. The number of aromatic nitrogens is 2. The van der Waals surface area contributed by atoms with Crippen molar-refractivity contribution >= 4 is 56.4 Å². The van der Waals surface area contributed by atoms with Crippen LogP contribution in [0.25, 0.3) is 20.9 Å². The highest BCUT2D eigenvalue weighted by atomic mass is 35.5. The molecule has 0 aliphatic heterocycles. The molecule has 0 bridgehead atoms. The van der Waals surface area contributed by atoms with E-state index < -0.39 is 12.5 Å². The molecule has 0 unspecified atom stereocenters. The number of para-hydroxylation sites is 2. The lowest BCUT2D eigenvalue weighted by molar-refractivity contribution is -0.113. The van der Waals surface area contributed by atoms with Gasteiger partial charge < -0.3 is 14.5 Å². The fourth-order valence-corrected chi connectivity index (χ4v) is 4.59. The van der Waals surface area contributed by atoms with Crippen LogP contribution in [0.5, 0.6) is 5.75 Å². The predicted octanol–water partition coefficient (Wildman–Crippen LogP) is 5.94. The summed E-state index contributed by atoms with van der Waals surface area (Å²) in [6, 6.07) is 13.6. The second kappa shape index (κ2) is 8.99. The third kappa shape index (κ3) is 4.55. The number of fused-ring (bicyclic) bond motifs is 1. The van der Waals surface area contributed by atoms with Gasteiger partial charge in [-0.05, 0) is 18.2 Å². The SMILES string of the molecule is O=C(CSc1nnc(-c2sc3ccccc3c2Cl)o1)Nc1ccccc1OC(F)F. The van der Waals surface area contributed by atoms with Gasteiger partial charge in [0, 0.05) is 10.1 Å². The zero-order valence-corrected chi connectivity index (χ0v) is 17.4. The molecular formula is C19H12ClF2N3O3S2. The maximum atomic E-state index is 12.5. The van der Waals surface area contributed by atoms with Crippen LogP contribution in [0, 0.1) is 0 Å². The van der Waals surface area contributed by atoms with Crippen molar-refractivity contribution in [3.63, 3.8) is 0 Å². The molecule has 0 saturated heterocycles. The number of halogens is 3. The van der Waals surface area contributed by atoms with Crippen LogP contribution >= 0.6 is 34.7 Å². The van der Waals surface area contributed by atoms with E-state index in [-0.39, 0.29) is 28.3 Å². The smallest absolute Gasteiger partial charge is 0.387 e. The number of ether oxygens (including phenoxy) is 1. The van der Waals surface area contributed by atoms with Gasteiger partial charge in [0.05, 0.1) is 16.5 Å². The van der Waals surface area contributed by atoms with E-state index in [9.17, 15) is 13.6 Å². The highest BCUT2D eigenvalue weighted by Gasteiger charge is 2.18. The number of nitrogens with one attached hydrogen (secondary N) is 1. The Kier molecular flexibility index (Phi) is 6.16. The summed E-state index contributed by atoms with van der Waals surface area (Å²) in [7, 11) is 0. The normalized spacial score (nSPS) is 11.2. The Hall–Kier alpha value is -2.69. The van der Waals surface area contributed by atoms with Crippen molar-refractivity contribution in [2.24, 2.45) is 0 Å². The first-order valence-electron chi connectivity index (χ1n) is 8.48. The Morgan fingerprint density at radius 1 is 1.20 bits per heavy atom. The summed E-state index contributed by atoms with van der Waals surface area (Å²) < 4.78 is 35.9. The molecule has 0 aliphatic carbocycles. The Morgan fingerprint density at radius 3 is 2.77 bits per heavy atom. The molecule has 30 heavy (non-hydrogen) atoms. The minimum absolute atomic E-state index is 0.0647. The molecule has 1 amide bonds. The Balaban J connectivity index is 1.41. The van der Waals surface area contributed by atoms with Gasteiger partial charge in [-0.25, -0.2) is 0 Å². The lowest BCUT2D eigenvalue weighted by Gasteiger charge is -2.11. The van der Waals surface area contributed by atoms with Crippen LogP contribution in [0.4, 0.5) is 14.5 Å². The Labute approximate surface area is 182 Å². The number of amides is 1. The fraction of sp³-hybridized carbons (Fsp3) is 0.105. The van der Waals surface area contributed by atoms with Gasteiger partial charge in [-0.2, -0.15) is 8.78 Å². The Bertz CT molecular complexity index is 1200. The summed E-state index contributed by atoms with van der Waals surface area (Å²) in [5.41, 5.74) is 0.145. The molecule has 6 nitrogen and oxygen atoms in total. The predicted molar refractivity (Wildman–Crippen MR) is 113 cm³/mol. The number of anilines is 1. The van der Waals surface area contributed by atoms with Crippen LogP contribution in [-0.2, 0) is 4.79 Å². The van der Waals surface area contributed by atoms with Crippen molar-refractivity contribution in [2.75, 3.05) is 11.1 Å². The van der Waals surface area contributed by atoms with Crippen molar-refractivity contribution in [3.05, 3.63) is 53.6 Å². The van der Waals surface area contributed by atoms with Crippen LogP contribution in [0.1, 0.15) is 0 Å². The van der Waals surface area contributed by atoms with Crippen molar-refractivity contribution < 1.29 is 22.7 Å². The molecule has 4 rings (SSSR count). The topological polar surface area (TPSA) is 77.2 Å². The average Bonchev–Trinajstić information content (AvgIpc) is 3.32. The number of carbonyl (C=O) groups is 1. The molecule has 11 heteroatoms. The average molecular weight is 468 g/mol. The fourth-order valence-electron chi connectivity index (χ4n) is 2.59. The molecule has 0 atom stereocenters. The van der Waals surface area contributed by atoms with E-state index in [1.54, 1.807) is 6.07 Å². The highest BCUT2D eigenvalue weighted by molar-refractivity contribution is 7.99. The van der Waals surface area contributed by atoms with E-state index in [1.165, 1.54) is 29.5 Å². The summed E-state index contributed by atoms with van der Waals surface area (Å²) in [6.07, 6.45) is 0. The second-order valence-corrected chi connectivity index (χ2v) is 8.18. The van der Waals surface area contributed by atoms with Crippen molar-refractivity contribution in [3.8, 4) is 16.5 Å². The van der Waals surface area contributed by atoms with Gasteiger partial charge in [0.2, 0.25) is 5.91 Å².